The Morgan fingerprint density at radius 3 is 2.20 bits per heavy atom. The van der Waals surface area contributed by atoms with Crippen LogP contribution in [0.4, 0.5) is 0 Å². The monoisotopic (exact) mass is 290 g/mol. The topological polar surface area (TPSA) is 29.5 Å². The SMILES string of the molecule is COCCc1ccc(C(O)Cc2ccc(Cl)cc2)cc1. The Balaban J connectivity index is 1.98. The molecule has 2 nitrogen and oxygen atoms in total. The summed E-state index contributed by atoms with van der Waals surface area (Å²) in [5.41, 5.74) is 3.22. The first-order valence-electron chi connectivity index (χ1n) is 6.69. The molecule has 0 aromatic heterocycles. The number of ether oxygens (including phenoxy) is 1. The largest absolute Gasteiger partial charge is 0.388 e. The number of hydrogen-bond donors (Lipinski definition) is 1. The van der Waals surface area contributed by atoms with Gasteiger partial charge in [-0.05, 0) is 35.2 Å². The van der Waals surface area contributed by atoms with E-state index in [-0.39, 0.29) is 0 Å². The number of aliphatic hydroxyl groups is 1. The Labute approximate surface area is 125 Å². The van der Waals surface area contributed by atoms with Crippen LogP contribution in [-0.4, -0.2) is 18.8 Å². The van der Waals surface area contributed by atoms with Crippen LogP contribution in [0.25, 0.3) is 0 Å². The molecule has 0 aliphatic heterocycles. The Morgan fingerprint density at radius 2 is 1.60 bits per heavy atom. The summed E-state index contributed by atoms with van der Waals surface area (Å²) in [5, 5.41) is 11.0. The third kappa shape index (κ3) is 4.34. The molecule has 2 rings (SSSR count). The van der Waals surface area contributed by atoms with Crippen molar-refractivity contribution >= 4 is 11.6 Å². The number of halogens is 1. The number of benzene rings is 2. The van der Waals surface area contributed by atoms with Crippen LogP contribution >= 0.6 is 11.6 Å². The lowest BCUT2D eigenvalue weighted by molar-refractivity contribution is 0.178. The molecule has 0 bridgehead atoms. The van der Waals surface area contributed by atoms with Crippen LogP contribution in [0.5, 0.6) is 0 Å². The van der Waals surface area contributed by atoms with Gasteiger partial charge in [-0.1, -0.05) is 48.0 Å². The number of rotatable bonds is 6. The number of hydrogen-bond acceptors (Lipinski definition) is 2. The summed E-state index contributed by atoms with van der Waals surface area (Å²) in [5.74, 6) is 0. The molecular formula is C17H19ClO2. The Hall–Kier alpha value is -1.35. The van der Waals surface area contributed by atoms with Crippen LogP contribution in [0.1, 0.15) is 22.8 Å². The molecule has 0 heterocycles. The van der Waals surface area contributed by atoms with Gasteiger partial charge in [0.2, 0.25) is 0 Å². The van der Waals surface area contributed by atoms with Crippen LogP contribution in [-0.2, 0) is 17.6 Å². The lowest BCUT2D eigenvalue weighted by Crippen LogP contribution is -2.02. The highest BCUT2D eigenvalue weighted by molar-refractivity contribution is 6.30. The zero-order valence-electron chi connectivity index (χ0n) is 11.6. The van der Waals surface area contributed by atoms with Gasteiger partial charge in [-0.15, -0.1) is 0 Å². The molecule has 2 aromatic carbocycles. The Morgan fingerprint density at radius 1 is 1.00 bits per heavy atom. The van der Waals surface area contributed by atoms with E-state index in [4.69, 9.17) is 16.3 Å². The van der Waals surface area contributed by atoms with Crippen molar-refractivity contribution in [3.8, 4) is 0 Å². The molecule has 0 spiro atoms. The van der Waals surface area contributed by atoms with Gasteiger partial charge in [0.15, 0.2) is 0 Å². The van der Waals surface area contributed by atoms with Crippen LogP contribution in [0, 0.1) is 0 Å². The van der Waals surface area contributed by atoms with E-state index in [0.717, 1.165) is 17.5 Å². The maximum Gasteiger partial charge on any atom is 0.0830 e. The standard InChI is InChI=1S/C17H19ClO2/c1-20-11-10-13-2-6-15(7-3-13)17(19)12-14-4-8-16(18)9-5-14/h2-9,17,19H,10-12H2,1H3. The zero-order valence-corrected chi connectivity index (χ0v) is 12.3. The molecule has 20 heavy (non-hydrogen) atoms. The molecule has 1 atom stereocenters. The zero-order chi connectivity index (χ0) is 14.4. The highest BCUT2D eigenvalue weighted by atomic mass is 35.5. The number of aliphatic hydroxyl groups excluding tert-OH is 1. The Bertz CT molecular complexity index is 520. The smallest absolute Gasteiger partial charge is 0.0830 e. The number of methoxy groups -OCH3 is 1. The van der Waals surface area contributed by atoms with Crippen molar-refractivity contribution < 1.29 is 9.84 Å². The normalized spacial score (nSPS) is 12.3. The molecular weight excluding hydrogens is 272 g/mol. The van der Waals surface area contributed by atoms with E-state index >= 15 is 0 Å². The maximum absolute atomic E-state index is 10.3. The molecule has 0 saturated carbocycles. The van der Waals surface area contributed by atoms with Crippen molar-refractivity contribution in [3.05, 3.63) is 70.2 Å². The minimum absolute atomic E-state index is 0.493. The quantitative estimate of drug-likeness (QED) is 0.877. The Kier molecular flexibility index (Phi) is 5.60. The first-order valence-corrected chi connectivity index (χ1v) is 7.07. The second-order valence-electron chi connectivity index (χ2n) is 4.83. The second-order valence-corrected chi connectivity index (χ2v) is 5.27. The fourth-order valence-electron chi connectivity index (χ4n) is 2.09. The molecule has 106 valence electrons. The predicted molar refractivity (Wildman–Crippen MR) is 82.1 cm³/mol. The summed E-state index contributed by atoms with van der Waals surface area (Å²) in [4.78, 5) is 0. The van der Waals surface area contributed by atoms with E-state index in [0.29, 0.717) is 18.1 Å². The lowest BCUT2D eigenvalue weighted by Gasteiger charge is -2.12. The molecule has 0 fully saturated rings. The summed E-state index contributed by atoms with van der Waals surface area (Å²) >= 11 is 5.85. The van der Waals surface area contributed by atoms with E-state index in [9.17, 15) is 5.11 Å². The fourth-order valence-corrected chi connectivity index (χ4v) is 2.21. The van der Waals surface area contributed by atoms with Gasteiger partial charge in [-0.2, -0.15) is 0 Å². The molecule has 0 saturated heterocycles. The summed E-state index contributed by atoms with van der Waals surface area (Å²) < 4.78 is 5.05. The van der Waals surface area contributed by atoms with Crippen molar-refractivity contribution in [1.29, 1.82) is 0 Å². The molecule has 2 aromatic rings. The highest BCUT2D eigenvalue weighted by Gasteiger charge is 2.08. The van der Waals surface area contributed by atoms with E-state index in [1.807, 2.05) is 48.5 Å². The minimum Gasteiger partial charge on any atom is -0.388 e. The third-order valence-corrected chi connectivity index (χ3v) is 3.55. The van der Waals surface area contributed by atoms with Crippen LogP contribution in [0.3, 0.4) is 0 Å². The molecule has 1 N–H and O–H groups in total. The molecule has 0 aliphatic rings. The highest BCUT2D eigenvalue weighted by Crippen LogP contribution is 2.20. The lowest BCUT2D eigenvalue weighted by atomic mass is 10.00. The van der Waals surface area contributed by atoms with Crippen molar-refractivity contribution in [2.45, 2.75) is 18.9 Å². The van der Waals surface area contributed by atoms with Gasteiger partial charge in [0, 0.05) is 18.6 Å². The predicted octanol–water partition coefficient (Wildman–Crippen LogP) is 3.81. The average Bonchev–Trinajstić information content (AvgIpc) is 2.48. The summed E-state index contributed by atoms with van der Waals surface area (Å²) in [6.07, 6.45) is 0.992. The molecule has 0 radical (unpaired) electrons. The minimum atomic E-state index is -0.493. The first kappa shape index (κ1) is 15.0. The molecule has 0 amide bonds. The second kappa shape index (κ2) is 7.44. The summed E-state index contributed by atoms with van der Waals surface area (Å²) in [6.45, 7) is 0.715. The van der Waals surface area contributed by atoms with Crippen LogP contribution < -0.4 is 0 Å². The van der Waals surface area contributed by atoms with E-state index in [2.05, 4.69) is 0 Å². The van der Waals surface area contributed by atoms with Crippen molar-refractivity contribution in [2.75, 3.05) is 13.7 Å². The van der Waals surface area contributed by atoms with Crippen LogP contribution in [0.2, 0.25) is 5.02 Å². The van der Waals surface area contributed by atoms with E-state index in [1.165, 1.54) is 5.56 Å². The van der Waals surface area contributed by atoms with Gasteiger partial charge in [-0.25, -0.2) is 0 Å². The van der Waals surface area contributed by atoms with Gasteiger partial charge >= 0.3 is 0 Å². The van der Waals surface area contributed by atoms with E-state index < -0.39 is 6.10 Å². The van der Waals surface area contributed by atoms with Gasteiger partial charge in [-0.3, -0.25) is 0 Å². The van der Waals surface area contributed by atoms with Crippen molar-refractivity contribution in [2.24, 2.45) is 0 Å². The van der Waals surface area contributed by atoms with Crippen molar-refractivity contribution in [3.63, 3.8) is 0 Å². The van der Waals surface area contributed by atoms with Crippen LogP contribution in [0.15, 0.2) is 48.5 Å². The average molecular weight is 291 g/mol. The third-order valence-electron chi connectivity index (χ3n) is 3.30. The molecule has 3 heteroatoms. The molecule has 0 aliphatic carbocycles. The van der Waals surface area contributed by atoms with Crippen molar-refractivity contribution in [1.82, 2.24) is 0 Å². The van der Waals surface area contributed by atoms with Gasteiger partial charge in [0.25, 0.3) is 0 Å². The van der Waals surface area contributed by atoms with E-state index in [1.54, 1.807) is 7.11 Å². The van der Waals surface area contributed by atoms with Gasteiger partial charge in [0.05, 0.1) is 12.7 Å². The van der Waals surface area contributed by atoms with Gasteiger partial charge < -0.3 is 9.84 Å². The molecule has 1 unspecified atom stereocenters. The summed E-state index contributed by atoms with van der Waals surface area (Å²) in [6, 6.07) is 15.6. The first-order chi connectivity index (χ1) is 9.69. The van der Waals surface area contributed by atoms with Gasteiger partial charge in [0.1, 0.15) is 0 Å². The fraction of sp³-hybridized carbons (Fsp3) is 0.294. The maximum atomic E-state index is 10.3. The summed E-state index contributed by atoms with van der Waals surface area (Å²) in [7, 11) is 1.70.